The summed E-state index contributed by atoms with van der Waals surface area (Å²) in [5.41, 5.74) is 1.80. The number of benzene rings is 1. The van der Waals surface area contributed by atoms with Gasteiger partial charge in [-0.2, -0.15) is 0 Å². The van der Waals surface area contributed by atoms with Crippen LogP contribution in [-0.2, 0) is 20.7 Å². The first-order valence-corrected chi connectivity index (χ1v) is 7.49. The Bertz CT molecular complexity index is 538. The number of amides is 2. The maximum atomic E-state index is 12.4. The molecule has 0 unspecified atom stereocenters. The van der Waals surface area contributed by atoms with Gasteiger partial charge in [0.1, 0.15) is 6.73 Å². The fourth-order valence-electron chi connectivity index (χ4n) is 2.89. The highest BCUT2D eigenvalue weighted by atomic mass is 16.5. The van der Waals surface area contributed by atoms with Crippen molar-refractivity contribution in [3.8, 4) is 0 Å². The minimum atomic E-state index is 0.0637. The molecule has 1 aromatic carbocycles. The van der Waals surface area contributed by atoms with Gasteiger partial charge >= 0.3 is 0 Å². The van der Waals surface area contributed by atoms with Gasteiger partial charge in [0.2, 0.25) is 11.8 Å². The molecule has 0 bridgehead atoms. The topological polar surface area (TPSA) is 49.9 Å². The van der Waals surface area contributed by atoms with Gasteiger partial charge in [0, 0.05) is 25.2 Å². The van der Waals surface area contributed by atoms with E-state index < -0.39 is 0 Å². The maximum absolute atomic E-state index is 12.4. The van der Waals surface area contributed by atoms with E-state index in [4.69, 9.17) is 4.74 Å². The van der Waals surface area contributed by atoms with Crippen LogP contribution in [0.1, 0.15) is 24.8 Å². The molecule has 0 atom stereocenters. The molecule has 2 amide bonds. The summed E-state index contributed by atoms with van der Waals surface area (Å²) in [4.78, 5) is 27.8. The number of hydrogen-bond donors (Lipinski definition) is 0. The second kappa shape index (κ2) is 6.26. The second-order valence-electron chi connectivity index (χ2n) is 5.50. The van der Waals surface area contributed by atoms with Gasteiger partial charge in [0.05, 0.1) is 13.0 Å². The highest BCUT2D eigenvalue weighted by Crippen LogP contribution is 2.26. The molecule has 0 saturated carbocycles. The second-order valence-corrected chi connectivity index (χ2v) is 5.50. The molecule has 0 spiro atoms. The molecule has 0 radical (unpaired) electrons. The van der Waals surface area contributed by atoms with Crippen LogP contribution in [0, 0.1) is 0 Å². The minimum Gasteiger partial charge on any atom is -0.361 e. The average Bonchev–Trinajstić information content (AvgIpc) is 2.95. The third-order valence-corrected chi connectivity index (χ3v) is 4.01. The van der Waals surface area contributed by atoms with Crippen molar-refractivity contribution in [3.05, 3.63) is 29.8 Å². The molecule has 2 saturated heterocycles. The number of rotatable bonds is 3. The van der Waals surface area contributed by atoms with Crippen molar-refractivity contribution < 1.29 is 14.3 Å². The molecule has 2 heterocycles. The number of hydrogen-bond acceptors (Lipinski definition) is 3. The lowest BCUT2D eigenvalue weighted by Gasteiger charge is -2.27. The molecule has 3 rings (SSSR count). The van der Waals surface area contributed by atoms with Gasteiger partial charge in [0.15, 0.2) is 0 Å². The van der Waals surface area contributed by atoms with Crippen molar-refractivity contribution in [2.24, 2.45) is 0 Å². The summed E-state index contributed by atoms with van der Waals surface area (Å²) < 4.78 is 5.33. The van der Waals surface area contributed by atoms with Crippen LogP contribution in [-0.4, -0.2) is 43.1 Å². The number of anilines is 1. The summed E-state index contributed by atoms with van der Waals surface area (Å²) in [6.07, 6.45) is 2.70. The number of nitrogens with zero attached hydrogens (tertiary/aromatic N) is 2. The SMILES string of the molecule is O=C(Cc1ccccc1N1CCCC1=O)N1CCCOC1. The van der Waals surface area contributed by atoms with Crippen LogP contribution in [0.4, 0.5) is 5.69 Å². The number of ether oxygens (including phenoxy) is 1. The average molecular weight is 288 g/mol. The van der Waals surface area contributed by atoms with E-state index in [-0.39, 0.29) is 11.8 Å². The van der Waals surface area contributed by atoms with Gasteiger partial charge in [-0.15, -0.1) is 0 Å². The van der Waals surface area contributed by atoms with E-state index in [2.05, 4.69) is 0 Å². The molecular formula is C16H20N2O3. The third-order valence-electron chi connectivity index (χ3n) is 4.01. The van der Waals surface area contributed by atoms with E-state index in [1.165, 1.54) is 0 Å². The Balaban J connectivity index is 1.75. The van der Waals surface area contributed by atoms with Gasteiger partial charge < -0.3 is 14.5 Å². The molecule has 0 aliphatic carbocycles. The van der Waals surface area contributed by atoms with Crippen LogP contribution in [0.25, 0.3) is 0 Å². The molecule has 1 aromatic rings. The zero-order chi connectivity index (χ0) is 14.7. The van der Waals surface area contributed by atoms with Crippen LogP contribution in [0.5, 0.6) is 0 Å². The molecule has 112 valence electrons. The van der Waals surface area contributed by atoms with Crippen LogP contribution in [0.15, 0.2) is 24.3 Å². The van der Waals surface area contributed by atoms with E-state index in [0.29, 0.717) is 19.6 Å². The Morgan fingerprint density at radius 3 is 2.76 bits per heavy atom. The molecule has 2 aliphatic heterocycles. The van der Waals surface area contributed by atoms with Crippen molar-refractivity contribution in [1.82, 2.24) is 4.90 Å². The van der Waals surface area contributed by atoms with E-state index in [9.17, 15) is 9.59 Å². The van der Waals surface area contributed by atoms with E-state index >= 15 is 0 Å². The summed E-state index contributed by atoms with van der Waals surface area (Å²) in [5, 5.41) is 0. The van der Waals surface area contributed by atoms with Crippen molar-refractivity contribution in [2.45, 2.75) is 25.7 Å². The van der Waals surface area contributed by atoms with Crippen molar-refractivity contribution in [3.63, 3.8) is 0 Å². The summed E-state index contributed by atoms with van der Waals surface area (Å²) in [6.45, 7) is 2.60. The summed E-state index contributed by atoms with van der Waals surface area (Å²) in [6, 6.07) is 7.69. The van der Waals surface area contributed by atoms with Crippen LogP contribution in [0.3, 0.4) is 0 Å². The predicted octanol–water partition coefficient (Wildman–Crippen LogP) is 1.56. The minimum absolute atomic E-state index is 0.0637. The Morgan fingerprint density at radius 1 is 1.19 bits per heavy atom. The summed E-state index contributed by atoms with van der Waals surface area (Å²) in [5.74, 6) is 0.213. The van der Waals surface area contributed by atoms with Crippen LogP contribution in [0.2, 0.25) is 0 Å². The predicted molar refractivity (Wildman–Crippen MR) is 78.9 cm³/mol. The van der Waals surface area contributed by atoms with Crippen LogP contribution < -0.4 is 4.90 Å². The summed E-state index contributed by atoms with van der Waals surface area (Å²) in [7, 11) is 0. The van der Waals surface area contributed by atoms with Crippen molar-refractivity contribution >= 4 is 17.5 Å². The molecular weight excluding hydrogens is 268 g/mol. The fourth-order valence-corrected chi connectivity index (χ4v) is 2.89. The lowest BCUT2D eigenvalue weighted by Crippen LogP contribution is -2.39. The lowest BCUT2D eigenvalue weighted by molar-refractivity contribution is -0.139. The van der Waals surface area contributed by atoms with Gasteiger partial charge in [-0.3, -0.25) is 9.59 Å². The van der Waals surface area contributed by atoms with Gasteiger partial charge in [-0.25, -0.2) is 0 Å². The zero-order valence-corrected chi connectivity index (χ0v) is 12.1. The standard InChI is InChI=1S/C16H20N2O3/c19-15-7-3-9-18(15)14-6-2-1-5-13(14)11-16(20)17-8-4-10-21-12-17/h1-2,5-6H,3-4,7-12H2. The molecule has 0 aromatic heterocycles. The van der Waals surface area contributed by atoms with Crippen molar-refractivity contribution in [2.75, 3.05) is 31.3 Å². The Morgan fingerprint density at radius 2 is 2.05 bits per heavy atom. The Hall–Kier alpha value is -1.88. The smallest absolute Gasteiger partial charge is 0.228 e. The maximum Gasteiger partial charge on any atom is 0.228 e. The first-order valence-electron chi connectivity index (χ1n) is 7.49. The first kappa shape index (κ1) is 14.1. The third kappa shape index (κ3) is 3.08. The van der Waals surface area contributed by atoms with Crippen molar-refractivity contribution in [1.29, 1.82) is 0 Å². The van der Waals surface area contributed by atoms with E-state index in [1.54, 1.807) is 9.80 Å². The highest BCUT2D eigenvalue weighted by molar-refractivity contribution is 5.96. The fraction of sp³-hybridized carbons (Fsp3) is 0.500. The number of carbonyl (C=O) groups excluding carboxylic acids is 2. The normalized spacial score (nSPS) is 19.1. The monoisotopic (exact) mass is 288 g/mol. The van der Waals surface area contributed by atoms with E-state index in [0.717, 1.165) is 43.8 Å². The molecule has 0 N–H and O–H groups in total. The molecule has 2 fully saturated rings. The van der Waals surface area contributed by atoms with Gasteiger partial charge in [0.25, 0.3) is 0 Å². The Kier molecular flexibility index (Phi) is 4.20. The molecule has 2 aliphatic rings. The summed E-state index contributed by atoms with van der Waals surface area (Å²) >= 11 is 0. The van der Waals surface area contributed by atoms with E-state index in [1.807, 2.05) is 24.3 Å². The van der Waals surface area contributed by atoms with Gasteiger partial charge in [-0.05, 0) is 24.5 Å². The molecule has 5 heteroatoms. The first-order chi connectivity index (χ1) is 10.3. The number of para-hydroxylation sites is 1. The quantitative estimate of drug-likeness (QED) is 0.848. The van der Waals surface area contributed by atoms with Gasteiger partial charge in [-0.1, -0.05) is 18.2 Å². The Labute approximate surface area is 124 Å². The molecule has 21 heavy (non-hydrogen) atoms. The lowest BCUT2D eigenvalue weighted by atomic mass is 10.1. The zero-order valence-electron chi connectivity index (χ0n) is 12.1. The molecule has 5 nitrogen and oxygen atoms in total. The number of carbonyl (C=O) groups is 2. The van der Waals surface area contributed by atoms with Crippen LogP contribution >= 0.6 is 0 Å². The largest absolute Gasteiger partial charge is 0.361 e. The highest BCUT2D eigenvalue weighted by Gasteiger charge is 2.25.